The van der Waals surface area contributed by atoms with Crippen molar-refractivity contribution in [3.8, 4) is 0 Å². The van der Waals surface area contributed by atoms with Gasteiger partial charge in [-0.05, 0) is 36.9 Å². The lowest BCUT2D eigenvalue weighted by Crippen LogP contribution is -2.18. The molecule has 1 unspecified atom stereocenters. The quantitative estimate of drug-likeness (QED) is 0.747. The number of pyridine rings is 1. The van der Waals surface area contributed by atoms with E-state index in [9.17, 15) is 0 Å². The molecule has 0 fully saturated rings. The Morgan fingerprint density at radius 2 is 1.76 bits per heavy atom. The summed E-state index contributed by atoms with van der Waals surface area (Å²) in [6.45, 7) is 0. The van der Waals surface area contributed by atoms with E-state index in [1.807, 2.05) is 37.4 Å². The minimum absolute atomic E-state index is 0.0717. The zero-order valence-corrected chi connectivity index (χ0v) is 13.0. The average molecular weight is 317 g/mol. The van der Waals surface area contributed by atoms with E-state index in [1.165, 1.54) is 0 Å². The van der Waals surface area contributed by atoms with Gasteiger partial charge in [0, 0.05) is 27.2 Å². The number of nitrogens with one attached hydrogen (secondary N) is 1. The van der Waals surface area contributed by atoms with Crippen LogP contribution in [0.1, 0.15) is 17.2 Å². The molecule has 1 heterocycles. The van der Waals surface area contributed by atoms with Crippen molar-refractivity contribution in [2.24, 2.45) is 0 Å². The smallest absolute Gasteiger partial charge is 0.0705 e. The van der Waals surface area contributed by atoms with Crippen LogP contribution in [0.2, 0.25) is 10.0 Å². The van der Waals surface area contributed by atoms with Crippen LogP contribution in [0.5, 0.6) is 0 Å². The summed E-state index contributed by atoms with van der Waals surface area (Å²) in [7, 11) is 1.90. The maximum Gasteiger partial charge on any atom is 0.0705 e. The molecule has 0 saturated heterocycles. The van der Waals surface area contributed by atoms with Crippen molar-refractivity contribution >= 4 is 34.1 Å². The summed E-state index contributed by atoms with van der Waals surface area (Å²) in [5.74, 6) is 0. The highest BCUT2D eigenvalue weighted by Gasteiger charge is 2.18. The largest absolute Gasteiger partial charge is 0.309 e. The van der Waals surface area contributed by atoms with Crippen LogP contribution in [0, 0.1) is 0 Å². The molecule has 2 aromatic carbocycles. The Morgan fingerprint density at radius 1 is 1.00 bits per heavy atom. The van der Waals surface area contributed by atoms with Gasteiger partial charge in [0.05, 0.1) is 11.6 Å². The molecule has 4 heteroatoms. The van der Waals surface area contributed by atoms with Crippen LogP contribution in [-0.4, -0.2) is 12.0 Å². The van der Waals surface area contributed by atoms with Crippen LogP contribution in [0.4, 0.5) is 0 Å². The molecule has 0 aliphatic carbocycles. The maximum absolute atomic E-state index is 6.33. The fourth-order valence-electron chi connectivity index (χ4n) is 2.53. The third-order valence-electron chi connectivity index (χ3n) is 3.54. The molecule has 1 N–H and O–H groups in total. The molecule has 0 aliphatic rings. The van der Waals surface area contributed by atoms with Gasteiger partial charge >= 0.3 is 0 Å². The Balaban J connectivity index is 2.14. The summed E-state index contributed by atoms with van der Waals surface area (Å²) in [6, 6.07) is 15.7. The fourth-order valence-corrected chi connectivity index (χ4v) is 3.14. The standard InChI is InChI=1S/C17H14Cl2N2/c1-20-17(16-13(18)5-2-6-14(16)19)12-8-7-11-4-3-9-21-15(11)10-12/h2-10,17,20H,1H3. The van der Waals surface area contributed by atoms with Crippen LogP contribution in [0.15, 0.2) is 54.7 Å². The minimum atomic E-state index is -0.0717. The number of rotatable bonds is 3. The van der Waals surface area contributed by atoms with Crippen molar-refractivity contribution in [3.63, 3.8) is 0 Å². The molecule has 0 spiro atoms. The zero-order valence-electron chi connectivity index (χ0n) is 11.5. The van der Waals surface area contributed by atoms with Crippen molar-refractivity contribution < 1.29 is 0 Å². The Labute approximate surface area is 133 Å². The number of halogens is 2. The van der Waals surface area contributed by atoms with Crippen LogP contribution in [0.3, 0.4) is 0 Å². The van der Waals surface area contributed by atoms with Crippen LogP contribution in [0.25, 0.3) is 10.9 Å². The van der Waals surface area contributed by atoms with Gasteiger partial charge in [-0.25, -0.2) is 0 Å². The summed E-state index contributed by atoms with van der Waals surface area (Å²) >= 11 is 12.7. The Morgan fingerprint density at radius 3 is 2.48 bits per heavy atom. The number of benzene rings is 2. The highest BCUT2D eigenvalue weighted by atomic mass is 35.5. The fraction of sp³-hybridized carbons (Fsp3) is 0.118. The Kier molecular flexibility index (Phi) is 4.11. The summed E-state index contributed by atoms with van der Waals surface area (Å²) in [4.78, 5) is 4.40. The molecule has 0 amide bonds. The van der Waals surface area contributed by atoms with Gasteiger partial charge in [-0.2, -0.15) is 0 Å². The molecule has 3 aromatic rings. The molecule has 1 atom stereocenters. The second-order valence-electron chi connectivity index (χ2n) is 4.81. The van der Waals surface area contributed by atoms with E-state index in [0.29, 0.717) is 10.0 Å². The predicted molar refractivity (Wildman–Crippen MR) is 89.1 cm³/mol. The first-order valence-electron chi connectivity index (χ1n) is 6.66. The summed E-state index contributed by atoms with van der Waals surface area (Å²) < 4.78 is 0. The van der Waals surface area contributed by atoms with Crippen molar-refractivity contribution in [1.29, 1.82) is 0 Å². The van der Waals surface area contributed by atoms with E-state index in [4.69, 9.17) is 23.2 Å². The molecule has 1 aromatic heterocycles. The summed E-state index contributed by atoms with van der Waals surface area (Å²) in [5, 5.41) is 5.71. The zero-order chi connectivity index (χ0) is 14.8. The monoisotopic (exact) mass is 316 g/mol. The third-order valence-corrected chi connectivity index (χ3v) is 4.20. The average Bonchev–Trinajstić information content (AvgIpc) is 2.50. The first-order chi connectivity index (χ1) is 10.2. The molecule has 0 aliphatic heterocycles. The van der Waals surface area contributed by atoms with Gasteiger partial charge in [-0.3, -0.25) is 4.98 Å². The predicted octanol–water partition coefficient (Wildman–Crippen LogP) is 4.85. The van der Waals surface area contributed by atoms with Crippen LogP contribution < -0.4 is 5.32 Å². The summed E-state index contributed by atoms with van der Waals surface area (Å²) in [5.41, 5.74) is 2.93. The number of fused-ring (bicyclic) bond motifs is 1. The highest BCUT2D eigenvalue weighted by molar-refractivity contribution is 6.36. The van der Waals surface area contributed by atoms with E-state index in [0.717, 1.165) is 22.0 Å². The van der Waals surface area contributed by atoms with Gasteiger partial charge in [-0.15, -0.1) is 0 Å². The van der Waals surface area contributed by atoms with Crippen molar-refractivity contribution in [2.75, 3.05) is 7.05 Å². The van der Waals surface area contributed by atoms with Crippen molar-refractivity contribution in [2.45, 2.75) is 6.04 Å². The molecule has 0 radical (unpaired) electrons. The van der Waals surface area contributed by atoms with E-state index in [2.05, 4.69) is 28.5 Å². The molecule has 0 saturated carbocycles. The van der Waals surface area contributed by atoms with Crippen molar-refractivity contribution in [1.82, 2.24) is 10.3 Å². The number of hydrogen-bond donors (Lipinski definition) is 1. The second kappa shape index (κ2) is 6.02. The molecule has 2 nitrogen and oxygen atoms in total. The molecule has 3 rings (SSSR count). The number of hydrogen-bond acceptors (Lipinski definition) is 2. The lowest BCUT2D eigenvalue weighted by atomic mass is 9.97. The SMILES string of the molecule is CNC(c1ccc2cccnc2c1)c1c(Cl)cccc1Cl. The van der Waals surface area contributed by atoms with E-state index >= 15 is 0 Å². The Hall–Kier alpha value is -1.61. The van der Waals surface area contributed by atoms with Gasteiger partial charge in [0.1, 0.15) is 0 Å². The highest BCUT2D eigenvalue weighted by Crippen LogP contribution is 2.34. The molecular weight excluding hydrogens is 303 g/mol. The van der Waals surface area contributed by atoms with Gasteiger partial charge in [0.2, 0.25) is 0 Å². The van der Waals surface area contributed by atoms with E-state index in [-0.39, 0.29) is 6.04 Å². The molecule has 21 heavy (non-hydrogen) atoms. The minimum Gasteiger partial charge on any atom is -0.309 e. The first kappa shape index (κ1) is 14.3. The lowest BCUT2D eigenvalue weighted by molar-refractivity contribution is 0.693. The normalized spacial score (nSPS) is 12.5. The number of nitrogens with zero attached hydrogens (tertiary/aromatic N) is 1. The lowest BCUT2D eigenvalue weighted by Gasteiger charge is -2.20. The Bertz CT molecular complexity index is 766. The molecular formula is C17H14Cl2N2. The van der Waals surface area contributed by atoms with Crippen LogP contribution in [-0.2, 0) is 0 Å². The topological polar surface area (TPSA) is 24.9 Å². The van der Waals surface area contributed by atoms with Gasteiger partial charge in [0.15, 0.2) is 0 Å². The second-order valence-corrected chi connectivity index (χ2v) is 5.63. The van der Waals surface area contributed by atoms with Crippen molar-refractivity contribution in [3.05, 3.63) is 75.9 Å². The van der Waals surface area contributed by atoms with Crippen LogP contribution >= 0.6 is 23.2 Å². The van der Waals surface area contributed by atoms with Gasteiger partial charge < -0.3 is 5.32 Å². The first-order valence-corrected chi connectivity index (χ1v) is 7.42. The van der Waals surface area contributed by atoms with E-state index in [1.54, 1.807) is 6.20 Å². The summed E-state index contributed by atoms with van der Waals surface area (Å²) in [6.07, 6.45) is 1.79. The third kappa shape index (κ3) is 2.75. The van der Waals surface area contributed by atoms with Gasteiger partial charge in [-0.1, -0.05) is 47.5 Å². The number of aromatic nitrogens is 1. The van der Waals surface area contributed by atoms with E-state index < -0.39 is 0 Å². The molecule has 106 valence electrons. The van der Waals surface area contributed by atoms with Gasteiger partial charge in [0.25, 0.3) is 0 Å². The molecule has 0 bridgehead atoms. The maximum atomic E-state index is 6.33.